The number of carbonyl (C=O) groups is 1. The van der Waals surface area contributed by atoms with Crippen molar-refractivity contribution in [2.75, 3.05) is 14.1 Å². The minimum Gasteiger partial charge on any atom is -0.341 e. The molecule has 1 aliphatic carbocycles. The first-order valence-electron chi connectivity index (χ1n) is 12.2. The Morgan fingerprint density at radius 1 is 1.06 bits per heavy atom. The standard InChI is InChI=1S/C28H38N4O/c1-29-27(20-23-10-4-3-5-11-23)28(33)32(2)26(16-6-12-24-14-8-18-30-21-24)17-7-13-25-15-9-19-31-22-25/h3-4,8-10,14-15,18-19,21-22,26-27,29H,5-7,11-13,16-17,20H2,1-2H3. The predicted molar refractivity (Wildman–Crippen MR) is 135 cm³/mol. The summed E-state index contributed by atoms with van der Waals surface area (Å²) in [5.74, 6) is 0.195. The maximum absolute atomic E-state index is 13.5. The first-order chi connectivity index (χ1) is 16.2. The lowest BCUT2D eigenvalue weighted by Gasteiger charge is -2.32. The van der Waals surface area contributed by atoms with Crippen LogP contribution in [0.1, 0.15) is 56.1 Å². The first kappa shape index (κ1) is 24.8. The number of hydrogen-bond acceptors (Lipinski definition) is 4. The Hall–Kier alpha value is -2.79. The Kier molecular flexibility index (Phi) is 10.3. The normalized spacial score (nSPS) is 14.2. The van der Waals surface area contributed by atoms with Gasteiger partial charge < -0.3 is 10.2 Å². The summed E-state index contributed by atoms with van der Waals surface area (Å²) in [6.45, 7) is 0. The van der Waals surface area contributed by atoms with Crippen LogP contribution in [-0.2, 0) is 17.6 Å². The first-order valence-corrected chi connectivity index (χ1v) is 12.2. The van der Waals surface area contributed by atoms with E-state index in [1.165, 1.54) is 16.7 Å². The topological polar surface area (TPSA) is 58.1 Å². The van der Waals surface area contributed by atoms with E-state index >= 15 is 0 Å². The highest BCUT2D eigenvalue weighted by molar-refractivity contribution is 5.82. The maximum atomic E-state index is 13.5. The van der Waals surface area contributed by atoms with Crippen LogP contribution in [0.4, 0.5) is 0 Å². The van der Waals surface area contributed by atoms with Gasteiger partial charge in [-0.15, -0.1) is 0 Å². The molecule has 0 spiro atoms. The second-order valence-corrected chi connectivity index (χ2v) is 8.95. The van der Waals surface area contributed by atoms with E-state index in [0.29, 0.717) is 0 Å². The molecule has 5 heteroatoms. The van der Waals surface area contributed by atoms with Gasteiger partial charge in [0, 0.05) is 37.9 Å². The Bertz CT molecular complexity index is 849. The summed E-state index contributed by atoms with van der Waals surface area (Å²) in [7, 11) is 3.89. The Labute approximate surface area is 199 Å². The minimum absolute atomic E-state index is 0.174. The lowest BCUT2D eigenvalue weighted by atomic mass is 9.95. The van der Waals surface area contributed by atoms with E-state index in [2.05, 4.69) is 45.6 Å². The summed E-state index contributed by atoms with van der Waals surface area (Å²) in [4.78, 5) is 23.9. The van der Waals surface area contributed by atoms with E-state index in [1.54, 1.807) is 0 Å². The van der Waals surface area contributed by atoms with Crippen molar-refractivity contribution >= 4 is 5.91 Å². The van der Waals surface area contributed by atoms with Crippen molar-refractivity contribution in [1.29, 1.82) is 0 Å². The molecule has 2 aromatic rings. The van der Waals surface area contributed by atoms with Gasteiger partial charge in [-0.3, -0.25) is 14.8 Å². The van der Waals surface area contributed by atoms with Crippen LogP contribution >= 0.6 is 0 Å². The number of amides is 1. The predicted octanol–water partition coefficient (Wildman–Crippen LogP) is 4.90. The largest absolute Gasteiger partial charge is 0.341 e. The molecule has 0 bridgehead atoms. The lowest BCUT2D eigenvalue weighted by Crippen LogP contribution is -2.48. The number of hydrogen-bond donors (Lipinski definition) is 1. The average Bonchev–Trinajstić information content (AvgIpc) is 2.87. The molecule has 0 saturated heterocycles. The molecule has 1 amide bonds. The quantitative estimate of drug-likeness (QED) is 0.475. The lowest BCUT2D eigenvalue weighted by molar-refractivity contribution is -0.134. The van der Waals surface area contributed by atoms with Gasteiger partial charge >= 0.3 is 0 Å². The number of aromatic nitrogens is 2. The SMILES string of the molecule is CNC(CC1=CC=CCC1)C(=O)N(C)C(CCCc1cccnc1)CCCc1cccnc1. The molecule has 0 aromatic carbocycles. The fraction of sp³-hybridized carbons (Fsp3) is 0.464. The van der Waals surface area contributed by atoms with E-state index in [1.807, 2.05) is 55.9 Å². The van der Waals surface area contributed by atoms with Gasteiger partial charge in [0.15, 0.2) is 0 Å². The summed E-state index contributed by atoms with van der Waals surface area (Å²) >= 11 is 0. The molecule has 33 heavy (non-hydrogen) atoms. The molecule has 2 heterocycles. The van der Waals surface area contributed by atoms with Gasteiger partial charge in [0.05, 0.1) is 6.04 Å². The van der Waals surface area contributed by atoms with Crippen molar-refractivity contribution in [3.63, 3.8) is 0 Å². The van der Waals surface area contributed by atoms with Crippen LogP contribution in [0.5, 0.6) is 0 Å². The van der Waals surface area contributed by atoms with Crippen LogP contribution in [0, 0.1) is 0 Å². The number of nitrogens with zero attached hydrogens (tertiary/aromatic N) is 3. The van der Waals surface area contributed by atoms with Gasteiger partial charge in [0.25, 0.3) is 0 Å². The Balaban J connectivity index is 1.60. The molecule has 5 nitrogen and oxygen atoms in total. The molecule has 0 saturated carbocycles. The van der Waals surface area contributed by atoms with Crippen molar-refractivity contribution < 1.29 is 4.79 Å². The highest BCUT2D eigenvalue weighted by Gasteiger charge is 2.26. The zero-order chi connectivity index (χ0) is 23.3. The van der Waals surface area contributed by atoms with Crippen molar-refractivity contribution in [2.45, 2.75) is 69.9 Å². The monoisotopic (exact) mass is 446 g/mol. The highest BCUT2D eigenvalue weighted by Crippen LogP contribution is 2.21. The van der Waals surface area contributed by atoms with Crippen molar-refractivity contribution in [3.8, 4) is 0 Å². The highest BCUT2D eigenvalue weighted by atomic mass is 16.2. The second-order valence-electron chi connectivity index (χ2n) is 8.95. The van der Waals surface area contributed by atoms with Crippen LogP contribution in [0.2, 0.25) is 0 Å². The molecule has 0 radical (unpaired) electrons. The molecular formula is C28H38N4O. The second kappa shape index (κ2) is 13.7. The number of nitrogens with one attached hydrogen (secondary N) is 1. The average molecular weight is 447 g/mol. The van der Waals surface area contributed by atoms with Crippen LogP contribution < -0.4 is 5.32 Å². The number of pyridine rings is 2. The summed E-state index contributed by atoms with van der Waals surface area (Å²) in [6, 6.07) is 8.28. The molecule has 2 aromatic heterocycles. The number of rotatable bonds is 13. The van der Waals surface area contributed by atoms with Crippen molar-refractivity contribution in [1.82, 2.24) is 20.2 Å². The molecule has 1 atom stereocenters. The molecule has 0 aliphatic heterocycles. The molecule has 1 unspecified atom stereocenters. The van der Waals surface area contributed by atoms with Crippen LogP contribution in [0.15, 0.2) is 72.9 Å². The maximum Gasteiger partial charge on any atom is 0.240 e. The summed E-state index contributed by atoms with van der Waals surface area (Å²) in [5.41, 5.74) is 3.86. The number of carbonyl (C=O) groups excluding carboxylic acids is 1. The van der Waals surface area contributed by atoms with E-state index in [0.717, 1.165) is 57.8 Å². The third kappa shape index (κ3) is 8.25. The van der Waals surface area contributed by atoms with Gasteiger partial charge in [0.2, 0.25) is 5.91 Å². The summed E-state index contributed by atoms with van der Waals surface area (Å²) < 4.78 is 0. The fourth-order valence-electron chi connectivity index (χ4n) is 4.53. The van der Waals surface area contributed by atoms with Crippen LogP contribution in [-0.4, -0.2) is 47.0 Å². The number of likely N-dealkylation sites (N-methyl/N-ethyl adjacent to an activating group) is 2. The zero-order valence-electron chi connectivity index (χ0n) is 20.1. The minimum atomic E-state index is -0.174. The summed E-state index contributed by atoms with van der Waals surface area (Å²) in [6.07, 6.45) is 22.9. The molecule has 1 N–H and O–H groups in total. The smallest absolute Gasteiger partial charge is 0.240 e. The van der Waals surface area contributed by atoms with E-state index in [4.69, 9.17) is 0 Å². The molecule has 3 rings (SSSR count). The van der Waals surface area contributed by atoms with Gasteiger partial charge in [-0.25, -0.2) is 0 Å². The third-order valence-electron chi connectivity index (χ3n) is 6.56. The Morgan fingerprint density at radius 3 is 2.18 bits per heavy atom. The van der Waals surface area contributed by atoms with Gasteiger partial charge in [-0.2, -0.15) is 0 Å². The Morgan fingerprint density at radius 2 is 1.70 bits per heavy atom. The van der Waals surface area contributed by atoms with E-state index in [-0.39, 0.29) is 18.0 Å². The number of aryl methyl sites for hydroxylation is 2. The van der Waals surface area contributed by atoms with Crippen molar-refractivity contribution in [3.05, 3.63) is 84.0 Å². The van der Waals surface area contributed by atoms with Crippen LogP contribution in [0.3, 0.4) is 0 Å². The third-order valence-corrected chi connectivity index (χ3v) is 6.56. The fourth-order valence-corrected chi connectivity index (χ4v) is 4.53. The molecule has 176 valence electrons. The van der Waals surface area contributed by atoms with Gasteiger partial charge in [-0.1, -0.05) is 35.9 Å². The van der Waals surface area contributed by atoms with Gasteiger partial charge in [0.1, 0.15) is 0 Å². The number of allylic oxidation sites excluding steroid dienone is 3. The molecule has 0 fully saturated rings. The van der Waals surface area contributed by atoms with Crippen LogP contribution in [0.25, 0.3) is 0 Å². The van der Waals surface area contributed by atoms with E-state index < -0.39 is 0 Å². The van der Waals surface area contributed by atoms with Gasteiger partial charge in [-0.05, 0) is 88.1 Å². The molecule has 1 aliphatic rings. The summed E-state index contributed by atoms with van der Waals surface area (Å²) in [5, 5.41) is 3.28. The zero-order valence-corrected chi connectivity index (χ0v) is 20.1. The van der Waals surface area contributed by atoms with Crippen molar-refractivity contribution in [2.24, 2.45) is 0 Å². The van der Waals surface area contributed by atoms with E-state index in [9.17, 15) is 4.79 Å². The molecular weight excluding hydrogens is 408 g/mol.